The van der Waals surface area contributed by atoms with Gasteiger partial charge in [0.2, 0.25) is 5.91 Å². The second-order valence-corrected chi connectivity index (χ2v) is 8.28. The lowest BCUT2D eigenvalue weighted by atomic mass is 10.2. The average Bonchev–Trinajstić information content (AvgIpc) is 2.98. The third kappa shape index (κ3) is 5.47. The standard InChI is InChI=1S/C21H17ClN2O4S2/c1-2-28-20(27)14-5-9-16(10-6-14)23-18(25)12-24-19(26)17(30-21(24)29)11-13-3-7-15(22)8-4-13/h3-11H,2,12H2,1H3,(H,23,25)/b17-11-. The minimum atomic E-state index is -0.430. The van der Waals surface area contributed by atoms with Crippen molar-refractivity contribution in [1.82, 2.24) is 4.90 Å². The number of halogens is 1. The number of ether oxygens (including phenoxy) is 1. The van der Waals surface area contributed by atoms with Crippen LogP contribution in [0.25, 0.3) is 6.08 Å². The van der Waals surface area contributed by atoms with Crippen LogP contribution in [0.5, 0.6) is 0 Å². The molecule has 3 rings (SSSR count). The van der Waals surface area contributed by atoms with Crippen LogP contribution >= 0.6 is 35.6 Å². The number of carbonyl (C=O) groups excluding carboxylic acids is 3. The van der Waals surface area contributed by atoms with Gasteiger partial charge in [0.1, 0.15) is 10.9 Å². The molecule has 2 amide bonds. The Balaban J connectivity index is 1.62. The van der Waals surface area contributed by atoms with Crippen LogP contribution in [-0.2, 0) is 14.3 Å². The molecule has 1 heterocycles. The van der Waals surface area contributed by atoms with Gasteiger partial charge in [-0.05, 0) is 55.0 Å². The van der Waals surface area contributed by atoms with E-state index < -0.39 is 11.9 Å². The second kappa shape index (κ2) is 9.88. The maximum Gasteiger partial charge on any atom is 0.338 e. The van der Waals surface area contributed by atoms with E-state index in [0.717, 1.165) is 17.3 Å². The highest BCUT2D eigenvalue weighted by Gasteiger charge is 2.33. The van der Waals surface area contributed by atoms with E-state index in [1.165, 1.54) is 4.90 Å². The minimum absolute atomic E-state index is 0.206. The van der Waals surface area contributed by atoms with Gasteiger partial charge in [-0.1, -0.05) is 47.7 Å². The third-order valence-corrected chi connectivity index (χ3v) is 5.65. The Labute approximate surface area is 188 Å². The van der Waals surface area contributed by atoms with Crippen molar-refractivity contribution in [3.63, 3.8) is 0 Å². The molecule has 2 aromatic carbocycles. The van der Waals surface area contributed by atoms with E-state index in [1.807, 2.05) is 0 Å². The van der Waals surface area contributed by atoms with Crippen LogP contribution in [0, 0.1) is 0 Å². The molecule has 0 saturated carbocycles. The number of hydrogen-bond acceptors (Lipinski definition) is 6. The Morgan fingerprint density at radius 3 is 2.47 bits per heavy atom. The molecule has 30 heavy (non-hydrogen) atoms. The molecule has 1 aliphatic rings. The van der Waals surface area contributed by atoms with E-state index in [9.17, 15) is 14.4 Å². The molecular formula is C21H17ClN2O4S2. The summed E-state index contributed by atoms with van der Waals surface area (Å²) >= 11 is 12.3. The summed E-state index contributed by atoms with van der Waals surface area (Å²) < 4.78 is 5.23. The van der Waals surface area contributed by atoms with Crippen LogP contribution in [0.2, 0.25) is 5.02 Å². The number of anilines is 1. The zero-order valence-corrected chi connectivity index (χ0v) is 18.3. The van der Waals surface area contributed by atoms with Gasteiger partial charge in [-0.15, -0.1) is 0 Å². The molecule has 1 aliphatic heterocycles. The first-order chi connectivity index (χ1) is 14.4. The highest BCUT2D eigenvalue weighted by molar-refractivity contribution is 8.26. The van der Waals surface area contributed by atoms with Crippen molar-refractivity contribution in [2.24, 2.45) is 0 Å². The van der Waals surface area contributed by atoms with E-state index in [4.69, 9.17) is 28.6 Å². The lowest BCUT2D eigenvalue weighted by Crippen LogP contribution is -2.36. The zero-order valence-electron chi connectivity index (χ0n) is 15.9. The number of amides is 2. The number of carbonyl (C=O) groups is 3. The minimum Gasteiger partial charge on any atom is -0.462 e. The summed E-state index contributed by atoms with van der Waals surface area (Å²) in [6, 6.07) is 13.3. The maximum absolute atomic E-state index is 12.6. The summed E-state index contributed by atoms with van der Waals surface area (Å²) in [4.78, 5) is 38.4. The van der Waals surface area contributed by atoms with Crippen molar-refractivity contribution in [2.75, 3.05) is 18.5 Å². The topological polar surface area (TPSA) is 75.7 Å². The van der Waals surface area contributed by atoms with Gasteiger partial charge in [0, 0.05) is 10.7 Å². The Hall–Kier alpha value is -2.68. The van der Waals surface area contributed by atoms with E-state index in [2.05, 4.69) is 5.32 Å². The number of thioether (sulfide) groups is 1. The van der Waals surface area contributed by atoms with Gasteiger partial charge in [-0.2, -0.15) is 0 Å². The molecule has 154 valence electrons. The number of esters is 1. The van der Waals surface area contributed by atoms with Crippen molar-refractivity contribution >= 4 is 69.4 Å². The monoisotopic (exact) mass is 460 g/mol. The molecule has 9 heteroatoms. The average molecular weight is 461 g/mol. The molecule has 0 bridgehead atoms. The first kappa shape index (κ1) is 22.0. The van der Waals surface area contributed by atoms with E-state index >= 15 is 0 Å². The lowest BCUT2D eigenvalue weighted by molar-refractivity contribution is -0.126. The Morgan fingerprint density at radius 1 is 1.17 bits per heavy atom. The van der Waals surface area contributed by atoms with Crippen molar-refractivity contribution < 1.29 is 19.1 Å². The van der Waals surface area contributed by atoms with E-state index in [1.54, 1.807) is 61.5 Å². The molecular weight excluding hydrogens is 444 g/mol. The smallest absolute Gasteiger partial charge is 0.338 e. The van der Waals surface area contributed by atoms with E-state index in [0.29, 0.717) is 25.5 Å². The fraction of sp³-hybridized carbons (Fsp3) is 0.143. The van der Waals surface area contributed by atoms with Gasteiger partial charge in [0.25, 0.3) is 5.91 Å². The predicted octanol–water partition coefficient (Wildman–Crippen LogP) is 4.36. The normalized spacial score (nSPS) is 14.9. The summed E-state index contributed by atoms with van der Waals surface area (Å²) in [6.07, 6.45) is 1.71. The number of rotatable bonds is 6. The third-order valence-electron chi connectivity index (χ3n) is 4.02. The highest BCUT2D eigenvalue weighted by atomic mass is 35.5. The van der Waals surface area contributed by atoms with Crippen LogP contribution in [0.15, 0.2) is 53.4 Å². The molecule has 0 aliphatic carbocycles. The van der Waals surface area contributed by atoms with Gasteiger partial charge in [0.05, 0.1) is 17.1 Å². The lowest BCUT2D eigenvalue weighted by Gasteiger charge is -2.14. The van der Waals surface area contributed by atoms with Gasteiger partial charge in [-0.3, -0.25) is 14.5 Å². The molecule has 1 fully saturated rings. The summed E-state index contributed by atoms with van der Waals surface area (Å²) in [5.74, 6) is -1.16. The summed E-state index contributed by atoms with van der Waals surface area (Å²) in [6.45, 7) is 1.81. The van der Waals surface area contributed by atoms with Crippen LogP contribution in [0.4, 0.5) is 5.69 Å². The molecule has 1 N–H and O–H groups in total. The van der Waals surface area contributed by atoms with Crippen LogP contribution < -0.4 is 5.32 Å². The molecule has 1 saturated heterocycles. The summed E-state index contributed by atoms with van der Waals surface area (Å²) in [5.41, 5.74) is 1.69. The summed E-state index contributed by atoms with van der Waals surface area (Å²) in [5, 5.41) is 3.29. The van der Waals surface area contributed by atoms with Gasteiger partial charge < -0.3 is 10.1 Å². The molecule has 6 nitrogen and oxygen atoms in total. The van der Waals surface area contributed by atoms with Crippen molar-refractivity contribution in [2.45, 2.75) is 6.92 Å². The number of thiocarbonyl (C=S) groups is 1. The van der Waals surface area contributed by atoms with E-state index in [-0.39, 0.29) is 19.1 Å². The predicted molar refractivity (Wildman–Crippen MR) is 122 cm³/mol. The fourth-order valence-corrected chi connectivity index (χ4v) is 3.98. The fourth-order valence-electron chi connectivity index (χ4n) is 2.59. The van der Waals surface area contributed by atoms with Gasteiger partial charge in [0.15, 0.2) is 0 Å². The summed E-state index contributed by atoms with van der Waals surface area (Å²) in [7, 11) is 0. The van der Waals surface area contributed by atoms with Crippen molar-refractivity contribution in [3.8, 4) is 0 Å². The SMILES string of the molecule is CCOC(=O)c1ccc(NC(=O)CN2C(=O)/C(=C/c3ccc(Cl)cc3)SC2=S)cc1. The molecule has 0 radical (unpaired) electrons. The quantitative estimate of drug-likeness (QED) is 0.392. The van der Waals surface area contributed by atoms with Crippen LogP contribution in [0.3, 0.4) is 0 Å². The highest BCUT2D eigenvalue weighted by Crippen LogP contribution is 2.32. The van der Waals surface area contributed by atoms with Crippen LogP contribution in [0.1, 0.15) is 22.8 Å². The van der Waals surface area contributed by atoms with Gasteiger partial charge >= 0.3 is 5.97 Å². The zero-order chi connectivity index (χ0) is 21.7. The number of hydrogen-bond donors (Lipinski definition) is 1. The Bertz CT molecular complexity index is 1020. The van der Waals surface area contributed by atoms with Crippen molar-refractivity contribution in [1.29, 1.82) is 0 Å². The van der Waals surface area contributed by atoms with Crippen LogP contribution in [-0.4, -0.2) is 40.2 Å². The second-order valence-electron chi connectivity index (χ2n) is 6.17. The van der Waals surface area contributed by atoms with Gasteiger partial charge in [-0.25, -0.2) is 4.79 Å². The maximum atomic E-state index is 12.6. The number of nitrogens with one attached hydrogen (secondary N) is 1. The Morgan fingerprint density at radius 2 is 1.83 bits per heavy atom. The first-order valence-corrected chi connectivity index (χ1v) is 10.6. The number of benzene rings is 2. The molecule has 0 unspecified atom stereocenters. The largest absolute Gasteiger partial charge is 0.462 e. The number of nitrogens with zero attached hydrogens (tertiary/aromatic N) is 1. The van der Waals surface area contributed by atoms with Crippen molar-refractivity contribution in [3.05, 3.63) is 69.6 Å². The first-order valence-electron chi connectivity index (χ1n) is 8.95. The molecule has 0 atom stereocenters. The molecule has 2 aromatic rings. The molecule has 0 spiro atoms. The molecule has 0 aromatic heterocycles. The Kier molecular flexibility index (Phi) is 7.25.